The van der Waals surface area contributed by atoms with Crippen LogP contribution in [0.1, 0.15) is 31.7 Å². The quantitative estimate of drug-likeness (QED) is 0.662. The number of carboxylic acid groups (broad SMARTS) is 1. The van der Waals surface area contributed by atoms with Gasteiger partial charge in [0.05, 0.1) is 10.8 Å². The fourth-order valence-corrected chi connectivity index (χ4v) is 3.05. The summed E-state index contributed by atoms with van der Waals surface area (Å²) in [5, 5.41) is 20.0. The number of likely N-dealkylation sites (tertiary alicyclic amines) is 1. The maximum absolute atomic E-state index is 12.4. The molecule has 1 aromatic carbocycles. The number of benzene rings is 1. The zero-order valence-electron chi connectivity index (χ0n) is 13.0. The zero-order chi connectivity index (χ0) is 17.0. The maximum atomic E-state index is 12.4. The highest BCUT2D eigenvalue weighted by Crippen LogP contribution is 2.25. The Kier molecular flexibility index (Phi) is 5.31. The van der Waals surface area contributed by atoms with E-state index in [-0.39, 0.29) is 24.1 Å². The standard InChI is InChI=1S/C16H20N2O5/c1-11-14(16(20)21)6-3-9-17(11)15(19)8-7-12-4-2-5-13(10-12)18(22)23/h2,4-5,10-11,14H,3,6-9H2,1H3,(H,20,21)/t11-,14-/m1/s1. The van der Waals surface area contributed by atoms with Gasteiger partial charge in [-0.3, -0.25) is 19.7 Å². The largest absolute Gasteiger partial charge is 0.481 e. The van der Waals surface area contributed by atoms with Gasteiger partial charge in [0.2, 0.25) is 5.91 Å². The maximum Gasteiger partial charge on any atom is 0.308 e. The van der Waals surface area contributed by atoms with Gasteiger partial charge in [-0.05, 0) is 31.7 Å². The summed E-state index contributed by atoms with van der Waals surface area (Å²) >= 11 is 0. The summed E-state index contributed by atoms with van der Waals surface area (Å²) in [5.41, 5.74) is 0.735. The third kappa shape index (κ3) is 4.06. The lowest BCUT2D eigenvalue weighted by Crippen LogP contribution is -2.49. The minimum Gasteiger partial charge on any atom is -0.481 e. The Labute approximate surface area is 134 Å². The normalized spacial score (nSPS) is 21.0. The van der Waals surface area contributed by atoms with E-state index in [2.05, 4.69) is 0 Å². The number of nitro groups is 1. The number of carbonyl (C=O) groups is 2. The number of amides is 1. The Bertz CT molecular complexity index is 616. The van der Waals surface area contributed by atoms with Crippen LogP contribution < -0.4 is 0 Å². The predicted octanol–water partition coefficient (Wildman–Crippen LogP) is 2.24. The molecule has 1 N–H and O–H groups in total. The van der Waals surface area contributed by atoms with Gasteiger partial charge < -0.3 is 10.0 Å². The lowest BCUT2D eigenvalue weighted by molar-refractivity contribution is -0.384. The number of aryl methyl sites for hydroxylation is 1. The molecule has 0 saturated carbocycles. The van der Waals surface area contributed by atoms with Gasteiger partial charge in [0.1, 0.15) is 0 Å². The molecule has 1 aliphatic heterocycles. The van der Waals surface area contributed by atoms with Crippen molar-refractivity contribution < 1.29 is 19.6 Å². The van der Waals surface area contributed by atoms with Crippen LogP contribution in [0.2, 0.25) is 0 Å². The number of non-ortho nitro benzene ring substituents is 1. The van der Waals surface area contributed by atoms with Gasteiger partial charge in [0, 0.05) is 31.1 Å². The molecule has 1 aliphatic rings. The van der Waals surface area contributed by atoms with Crippen molar-refractivity contribution in [1.29, 1.82) is 0 Å². The number of rotatable bonds is 5. The highest BCUT2D eigenvalue weighted by atomic mass is 16.6. The molecule has 7 nitrogen and oxygen atoms in total. The van der Waals surface area contributed by atoms with Gasteiger partial charge in [-0.2, -0.15) is 0 Å². The van der Waals surface area contributed by atoms with Gasteiger partial charge in [-0.15, -0.1) is 0 Å². The summed E-state index contributed by atoms with van der Waals surface area (Å²) in [7, 11) is 0. The Morgan fingerprint density at radius 1 is 1.43 bits per heavy atom. The fourth-order valence-electron chi connectivity index (χ4n) is 3.05. The summed E-state index contributed by atoms with van der Waals surface area (Å²) in [4.78, 5) is 35.5. The molecule has 0 bridgehead atoms. The highest BCUT2D eigenvalue weighted by Gasteiger charge is 2.34. The fraction of sp³-hybridized carbons (Fsp3) is 0.500. The average molecular weight is 320 g/mol. The van der Waals surface area contributed by atoms with Crippen LogP contribution >= 0.6 is 0 Å². The van der Waals surface area contributed by atoms with Crippen LogP contribution in [0.4, 0.5) is 5.69 Å². The van der Waals surface area contributed by atoms with E-state index >= 15 is 0 Å². The van der Waals surface area contributed by atoms with E-state index in [1.807, 2.05) is 0 Å². The molecular weight excluding hydrogens is 300 g/mol. The number of piperidine rings is 1. The first-order valence-corrected chi connectivity index (χ1v) is 7.65. The predicted molar refractivity (Wildman–Crippen MR) is 83.0 cm³/mol. The molecule has 0 radical (unpaired) electrons. The molecule has 124 valence electrons. The molecule has 1 fully saturated rings. The SMILES string of the molecule is C[C@@H]1[C@H](C(=O)O)CCCN1C(=O)CCc1cccc([N+](=O)[O-])c1. The van der Waals surface area contributed by atoms with Crippen molar-refractivity contribution in [2.24, 2.45) is 5.92 Å². The van der Waals surface area contributed by atoms with Crippen molar-refractivity contribution in [3.63, 3.8) is 0 Å². The lowest BCUT2D eigenvalue weighted by atomic mass is 9.90. The van der Waals surface area contributed by atoms with Crippen LogP contribution in [0.5, 0.6) is 0 Å². The third-order valence-corrected chi connectivity index (χ3v) is 4.37. The summed E-state index contributed by atoms with van der Waals surface area (Å²) in [6.07, 6.45) is 1.90. The van der Waals surface area contributed by atoms with E-state index in [0.717, 1.165) is 5.56 Å². The topological polar surface area (TPSA) is 101 Å². The van der Waals surface area contributed by atoms with E-state index in [9.17, 15) is 24.8 Å². The molecule has 0 aromatic heterocycles. The highest BCUT2D eigenvalue weighted by molar-refractivity contribution is 5.79. The van der Waals surface area contributed by atoms with Gasteiger partial charge >= 0.3 is 5.97 Å². The number of hydrogen-bond acceptors (Lipinski definition) is 4. The number of nitrogens with zero attached hydrogens (tertiary/aromatic N) is 2. The first-order valence-electron chi connectivity index (χ1n) is 7.65. The van der Waals surface area contributed by atoms with Crippen molar-refractivity contribution in [2.75, 3.05) is 6.54 Å². The Hall–Kier alpha value is -2.44. The van der Waals surface area contributed by atoms with Crippen LogP contribution in [0.3, 0.4) is 0 Å². The first kappa shape index (κ1) is 16.9. The summed E-state index contributed by atoms with van der Waals surface area (Å²) in [6, 6.07) is 5.91. The molecular formula is C16H20N2O5. The van der Waals surface area contributed by atoms with Crippen molar-refractivity contribution in [1.82, 2.24) is 4.90 Å². The molecule has 1 aromatic rings. The second-order valence-electron chi connectivity index (χ2n) is 5.84. The van der Waals surface area contributed by atoms with Crippen molar-refractivity contribution in [3.8, 4) is 0 Å². The van der Waals surface area contributed by atoms with E-state index in [0.29, 0.717) is 25.8 Å². The Morgan fingerprint density at radius 2 is 2.17 bits per heavy atom. The van der Waals surface area contributed by atoms with Crippen LogP contribution in [0.15, 0.2) is 24.3 Å². The number of aliphatic carboxylic acids is 1. The molecule has 2 atom stereocenters. The van der Waals surface area contributed by atoms with Gasteiger partial charge in [0.25, 0.3) is 5.69 Å². The van der Waals surface area contributed by atoms with E-state index in [4.69, 9.17) is 0 Å². The Balaban J connectivity index is 1.98. The Morgan fingerprint density at radius 3 is 2.83 bits per heavy atom. The molecule has 23 heavy (non-hydrogen) atoms. The second kappa shape index (κ2) is 7.21. The number of carbonyl (C=O) groups excluding carboxylic acids is 1. The van der Waals surface area contributed by atoms with Crippen LogP contribution in [-0.2, 0) is 16.0 Å². The second-order valence-corrected chi connectivity index (χ2v) is 5.84. The molecule has 1 amide bonds. The molecule has 1 saturated heterocycles. The smallest absolute Gasteiger partial charge is 0.308 e. The minimum atomic E-state index is -0.867. The van der Waals surface area contributed by atoms with Crippen molar-refractivity contribution >= 4 is 17.6 Å². The van der Waals surface area contributed by atoms with Crippen LogP contribution in [0, 0.1) is 16.0 Å². The molecule has 0 spiro atoms. The molecule has 2 rings (SSSR count). The van der Waals surface area contributed by atoms with E-state index in [1.165, 1.54) is 12.1 Å². The van der Waals surface area contributed by atoms with Gasteiger partial charge in [-0.1, -0.05) is 12.1 Å². The van der Waals surface area contributed by atoms with E-state index < -0.39 is 16.8 Å². The summed E-state index contributed by atoms with van der Waals surface area (Å²) in [5.74, 6) is -1.49. The monoisotopic (exact) mass is 320 g/mol. The van der Waals surface area contributed by atoms with Crippen molar-refractivity contribution in [3.05, 3.63) is 39.9 Å². The number of nitro benzene ring substituents is 1. The average Bonchev–Trinajstić information content (AvgIpc) is 2.52. The number of carboxylic acids is 1. The minimum absolute atomic E-state index is 0.00670. The van der Waals surface area contributed by atoms with Gasteiger partial charge in [-0.25, -0.2) is 0 Å². The zero-order valence-corrected chi connectivity index (χ0v) is 13.0. The van der Waals surface area contributed by atoms with Crippen LogP contribution in [-0.4, -0.2) is 39.4 Å². The third-order valence-electron chi connectivity index (χ3n) is 4.37. The number of hydrogen-bond donors (Lipinski definition) is 1. The molecule has 1 heterocycles. The summed E-state index contributed by atoms with van der Waals surface area (Å²) < 4.78 is 0. The molecule has 0 aliphatic carbocycles. The van der Waals surface area contributed by atoms with Crippen LogP contribution in [0.25, 0.3) is 0 Å². The lowest BCUT2D eigenvalue weighted by Gasteiger charge is -2.37. The molecule has 7 heteroatoms. The van der Waals surface area contributed by atoms with Gasteiger partial charge in [0.15, 0.2) is 0 Å². The van der Waals surface area contributed by atoms with E-state index in [1.54, 1.807) is 24.0 Å². The summed E-state index contributed by atoms with van der Waals surface area (Å²) in [6.45, 7) is 2.34. The van der Waals surface area contributed by atoms with Crippen molar-refractivity contribution in [2.45, 2.75) is 38.6 Å². The first-order chi connectivity index (χ1) is 10.9. The molecule has 0 unspecified atom stereocenters.